The minimum atomic E-state index is -0.267. The molecule has 0 heterocycles. The predicted octanol–water partition coefficient (Wildman–Crippen LogP) is 4.96. The van der Waals surface area contributed by atoms with E-state index in [1.807, 2.05) is 36.4 Å². The molecule has 1 aliphatic rings. The fraction of sp³-hybridized carbons (Fsp3) is 0.217. The van der Waals surface area contributed by atoms with Crippen molar-refractivity contribution in [3.05, 3.63) is 65.7 Å². The van der Waals surface area contributed by atoms with Crippen LogP contribution in [0.5, 0.6) is 0 Å². The van der Waals surface area contributed by atoms with Gasteiger partial charge in [-0.2, -0.15) is 5.26 Å². The largest absolute Gasteiger partial charge is 0.349 e. The van der Waals surface area contributed by atoms with Crippen LogP contribution in [-0.4, -0.2) is 11.9 Å². The van der Waals surface area contributed by atoms with E-state index < -0.39 is 0 Å². The molecule has 1 aliphatic carbocycles. The van der Waals surface area contributed by atoms with E-state index in [-0.39, 0.29) is 17.5 Å². The SMILES string of the molecule is N#CC(=Cc1c2ccccc2cc2ccccc12)C(=O)NC1CCCC1. The van der Waals surface area contributed by atoms with Crippen molar-refractivity contribution in [2.45, 2.75) is 31.7 Å². The Bertz CT molecular complexity index is 999. The molecule has 0 atom stereocenters. The first kappa shape index (κ1) is 16.4. The highest BCUT2D eigenvalue weighted by atomic mass is 16.1. The molecule has 3 aromatic rings. The second kappa shape index (κ2) is 7.01. The summed E-state index contributed by atoms with van der Waals surface area (Å²) < 4.78 is 0. The van der Waals surface area contributed by atoms with Gasteiger partial charge in [0, 0.05) is 6.04 Å². The van der Waals surface area contributed by atoms with Crippen LogP contribution in [0, 0.1) is 11.3 Å². The molecule has 0 aromatic heterocycles. The molecule has 1 amide bonds. The highest BCUT2D eigenvalue weighted by Crippen LogP contribution is 2.30. The van der Waals surface area contributed by atoms with E-state index in [0.717, 1.165) is 52.8 Å². The van der Waals surface area contributed by atoms with E-state index in [2.05, 4.69) is 29.6 Å². The third-order valence-electron chi connectivity index (χ3n) is 5.16. The number of nitrogens with zero attached hydrogens (tertiary/aromatic N) is 1. The summed E-state index contributed by atoms with van der Waals surface area (Å²) in [4.78, 5) is 12.6. The van der Waals surface area contributed by atoms with Gasteiger partial charge in [0.25, 0.3) is 5.91 Å². The van der Waals surface area contributed by atoms with E-state index in [9.17, 15) is 10.1 Å². The van der Waals surface area contributed by atoms with Crippen LogP contribution in [0.3, 0.4) is 0 Å². The van der Waals surface area contributed by atoms with Crippen molar-refractivity contribution in [3.63, 3.8) is 0 Å². The molecule has 1 saturated carbocycles. The van der Waals surface area contributed by atoms with Gasteiger partial charge in [-0.15, -0.1) is 0 Å². The van der Waals surface area contributed by atoms with Crippen LogP contribution >= 0.6 is 0 Å². The number of carbonyl (C=O) groups excluding carboxylic acids is 1. The average Bonchev–Trinajstić information content (AvgIpc) is 3.18. The van der Waals surface area contributed by atoms with Crippen LogP contribution in [-0.2, 0) is 4.79 Å². The summed E-state index contributed by atoms with van der Waals surface area (Å²) in [7, 11) is 0. The summed E-state index contributed by atoms with van der Waals surface area (Å²) in [5.41, 5.74) is 1.09. The van der Waals surface area contributed by atoms with Crippen LogP contribution < -0.4 is 5.32 Å². The topological polar surface area (TPSA) is 52.9 Å². The molecule has 3 aromatic carbocycles. The van der Waals surface area contributed by atoms with Gasteiger partial charge in [0.2, 0.25) is 0 Å². The van der Waals surface area contributed by atoms with Crippen LogP contribution in [0.25, 0.3) is 27.6 Å². The summed E-state index contributed by atoms with van der Waals surface area (Å²) in [5.74, 6) is -0.267. The van der Waals surface area contributed by atoms with E-state index in [1.165, 1.54) is 0 Å². The Morgan fingerprint density at radius 3 is 2.15 bits per heavy atom. The zero-order valence-electron chi connectivity index (χ0n) is 14.5. The fourth-order valence-corrected chi connectivity index (χ4v) is 3.83. The predicted molar refractivity (Wildman–Crippen MR) is 105 cm³/mol. The first-order valence-corrected chi connectivity index (χ1v) is 9.09. The van der Waals surface area contributed by atoms with Crippen molar-refractivity contribution in [1.29, 1.82) is 5.26 Å². The minimum Gasteiger partial charge on any atom is -0.349 e. The number of nitrogens with one attached hydrogen (secondary N) is 1. The van der Waals surface area contributed by atoms with Crippen molar-refractivity contribution in [3.8, 4) is 6.07 Å². The van der Waals surface area contributed by atoms with Crippen molar-refractivity contribution in [2.75, 3.05) is 0 Å². The lowest BCUT2D eigenvalue weighted by molar-refractivity contribution is -0.117. The van der Waals surface area contributed by atoms with E-state index in [4.69, 9.17) is 0 Å². The molecule has 26 heavy (non-hydrogen) atoms. The Labute approximate surface area is 152 Å². The zero-order valence-corrected chi connectivity index (χ0v) is 14.5. The average molecular weight is 340 g/mol. The lowest BCUT2D eigenvalue weighted by Crippen LogP contribution is -2.33. The Balaban J connectivity index is 1.84. The molecule has 4 rings (SSSR count). The molecular weight excluding hydrogens is 320 g/mol. The third kappa shape index (κ3) is 3.07. The number of hydrogen-bond acceptors (Lipinski definition) is 2. The Morgan fingerprint density at radius 2 is 1.58 bits per heavy atom. The molecule has 0 saturated heterocycles. The minimum absolute atomic E-state index is 0.165. The summed E-state index contributed by atoms with van der Waals surface area (Å²) in [5, 5.41) is 16.9. The standard InChI is InChI=1S/C23H20N2O/c24-15-18(23(26)25-19-9-3-4-10-19)14-22-20-11-5-1-7-16(20)13-17-8-2-6-12-21(17)22/h1-2,5-8,11-14,19H,3-4,9-10H2,(H,25,26). The third-order valence-corrected chi connectivity index (χ3v) is 5.16. The van der Waals surface area contributed by atoms with Gasteiger partial charge in [-0.3, -0.25) is 4.79 Å². The smallest absolute Gasteiger partial charge is 0.262 e. The maximum absolute atomic E-state index is 12.6. The first-order chi connectivity index (χ1) is 12.8. The number of fused-ring (bicyclic) bond motifs is 2. The summed E-state index contributed by atoms with van der Waals surface area (Å²) in [6.45, 7) is 0. The van der Waals surface area contributed by atoms with Gasteiger partial charge in [0.15, 0.2) is 0 Å². The normalized spacial score (nSPS) is 15.3. The second-order valence-corrected chi connectivity index (χ2v) is 6.86. The Morgan fingerprint density at radius 1 is 1.00 bits per heavy atom. The van der Waals surface area contributed by atoms with Crippen LogP contribution in [0.4, 0.5) is 0 Å². The highest BCUT2D eigenvalue weighted by Gasteiger charge is 2.19. The fourth-order valence-electron chi connectivity index (χ4n) is 3.83. The molecule has 0 spiro atoms. The quantitative estimate of drug-likeness (QED) is 0.416. The van der Waals surface area contributed by atoms with Gasteiger partial charge in [-0.05, 0) is 52.1 Å². The number of nitriles is 1. The second-order valence-electron chi connectivity index (χ2n) is 6.86. The van der Waals surface area contributed by atoms with Crippen molar-refractivity contribution in [1.82, 2.24) is 5.32 Å². The molecule has 1 N–H and O–H groups in total. The molecular formula is C23H20N2O. The maximum Gasteiger partial charge on any atom is 0.262 e. The molecule has 0 unspecified atom stereocenters. The Kier molecular flexibility index (Phi) is 4.41. The Hall–Kier alpha value is -3.12. The molecule has 3 nitrogen and oxygen atoms in total. The number of benzene rings is 3. The molecule has 0 aliphatic heterocycles. The van der Waals surface area contributed by atoms with Crippen molar-refractivity contribution >= 4 is 33.5 Å². The van der Waals surface area contributed by atoms with Crippen LogP contribution in [0.1, 0.15) is 31.2 Å². The van der Waals surface area contributed by atoms with Gasteiger partial charge < -0.3 is 5.32 Å². The molecule has 3 heteroatoms. The molecule has 0 radical (unpaired) electrons. The summed E-state index contributed by atoms with van der Waals surface area (Å²) in [6.07, 6.45) is 6.03. The lowest BCUT2D eigenvalue weighted by Gasteiger charge is -2.12. The van der Waals surface area contributed by atoms with Crippen molar-refractivity contribution in [2.24, 2.45) is 0 Å². The van der Waals surface area contributed by atoms with Gasteiger partial charge in [0.1, 0.15) is 11.6 Å². The maximum atomic E-state index is 12.6. The van der Waals surface area contributed by atoms with Crippen LogP contribution in [0.15, 0.2) is 60.2 Å². The van der Waals surface area contributed by atoms with E-state index >= 15 is 0 Å². The number of rotatable bonds is 3. The van der Waals surface area contributed by atoms with E-state index in [0.29, 0.717) is 0 Å². The number of carbonyl (C=O) groups is 1. The summed E-state index contributed by atoms with van der Waals surface area (Å²) >= 11 is 0. The molecule has 1 fully saturated rings. The summed E-state index contributed by atoms with van der Waals surface area (Å²) in [6, 6.07) is 20.6. The van der Waals surface area contributed by atoms with Crippen LogP contribution in [0.2, 0.25) is 0 Å². The lowest BCUT2D eigenvalue weighted by atomic mass is 9.95. The zero-order chi connectivity index (χ0) is 17.9. The van der Waals surface area contributed by atoms with Gasteiger partial charge >= 0.3 is 0 Å². The molecule has 128 valence electrons. The molecule has 0 bridgehead atoms. The number of amides is 1. The van der Waals surface area contributed by atoms with E-state index in [1.54, 1.807) is 6.08 Å². The van der Waals surface area contributed by atoms with Gasteiger partial charge in [-0.1, -0.05) is 61.4 Å². The first-order valence-electron chi connectivity index (χ1n) is 9.09. The highest BCUT2D eigenvalue weighted by molar-refractivity contribution is 6.11. The van der Waals surface area contributed by atoms with Gasteiger partial charge in [-0.25, -0.2) is 0 Å². The number of hydrogen-bond donors (Lipinski definition) is 1. The van der Waals surface area contributed by atoms with Gasteiger partial charge in [0.05, 0.1) is 0 Å². The monoisotopic (exact) mass is 340 g/mol. The van der Waals surface area contributed by atoms with Crippen molar-refractivity contribution < 1.29 is 4.79 Å².